The molecule has 2 aliphatic rings. The van der Waals surface area contributed by atoms with E-state index in [9.17, 15) is 19.5 Å². The van der Waals surface area contributed by atoms with Gasteiger partial charge in [0.05, 0.1) is 11.4 Å². The van der Waals surface area contributed by atoms with Crippen LogP contribution in [0, 0.1) is 6.92 Å². The Morgan fingerprint density at radius 2 is 1.90 bits per heavy atom. The van der Waals surface area contributed by atoms with Crippen LogP contribution >= 0.6 is 0 Å². The van der Waals surface area contributed by atoms with Crippen molar-refractivity contribution in [2.24, 2.45) is 0 Å². The van der Waals surface area contributed by atoms with Crippen LogP contribution in [0.2, 0.25) is 0 Å². The molecule has 2 amide bonds. The first-order valence-electron chi connectivity index (χ1n) is 9.63. The topological polar surface area (TPSA) is 95.9 Å². The summed E-state index contributed by atoms with van der Waals surface area (Å²) in [5, 5.41) is 12.9. The van der Waals surface area contributed by atoms with Crippen molar-refractivity contribution < 1.29 is 24.2 Å². The van der Waals surface area contributed by atoms with Gasteiger partial charge in [0.15, 0.2) is 6.61 Å². The largest absolute Gasteiger partial charge is 0.507 e. The zero-order valence-electron chi connectivity index (χ0n) is 16.1. The van der Waals surface area contributed by atoms with Crippen LogP contribution in [-0.2, 0) is 14.3 Å². The molecule has 1 saturated carbocycles. The maximum Gasteiger partial charge on any atom is 0.342 e. The van der Waals surface area contributed by atoms with Crippen molar-refractivity contribution in [2.45, 2.75) is 38.1 Å². The highest BCUT2D eigenvalue weighted by molar-refractivity contribution is 6.15. The van der Waals surface area contributed by atoms with Crippen molar-refractivity contribution in [1.82, 2.24) is 0 Å². The number of carbonyl (C=O) groups excluding carboxylic acids is 3. The number of nitrogens with zero attached hydrogens (tertiary/aromatic N) is 1. The molecule has 7 heteroatoms. The van der Waals surface area contributed by atoms with E-state index in [-0.39, 0.29) is 17.2 Å². The van der Waals surface area contributed by atoms with Crippen LogP contribution in [0.1, 0.15) is 41.6 Å². The van der Waals surface area contributed by atoms with Gasteiger partial charge in [-0.1, -0.05) is 31.0 Å². The predicted molar refractivity (Wildman–Crippen MR) is 107 cm³/mol. The van der Waals surface area contributed by atoms with Gasteiger partial charge in [-0.3, -0.25) is 14.5 Å². The molecule has 0 aromatic heterocycles. The van der Waals surface area contributed by atoms with E-state index in [0.29, 0.717) is 24.2 Å². The Balaban J connectivity index is 1.59. The van der Waals surface area contributed by atoms with Crippen LogP contribution in [0.4, 0.5) is 11.4 Å². The fourth-order valence-corrected chi connectivity index (χ4v) is 4.21. The van der Waals surface area contributed by atoms with Crippen molar-refractivity contribution in [3.8, 4) is 5.75 Å². The SMILES string of the molecule is Cc1ccc(C(=O)OCC(=O)N2c3ccccc3NC(=O)C23CCCC3)c(O)c1. The molecule has 0 bridgehead atoms. The number of esters is 1. The summed E-state index contributed by atoms with van der Waals surface area (Å²) < 4.78 is 5.19. The Bertz CT molecular complexity index is 994. The lowest BCUT2D eigenvalue weighted by molar-refractivity contribution is -0.129. The summed E-state index contributed by atoms with van der Waals surface area (Å²) in [6.45, 7) is 1.27. The number of hydrogen-bond acceptors (Lipinski definition) is 5. The van der Waals surface area contributed by atoms with Gasteiger partial charge in [0.2, 0.25) is 0 Å². The van der Waals surface area contributed by atoms with Crippen molar-refractivity contribution in [2.75, 3.05) is 16.8 Å². The summed E-state index contributed by atoms with van der Waals surface area (Å²) in [5.41, 5.74) is 1.01. The number of fused-ring (bicyclic) bond motifs is 1. The van der Waals surface area contributed by atoms with Crippen molar-refractivity contribution in [1.29, 1.82) is 0 Å². The van der Waals surface area contributed by atoms with Gasteiger partial charge in [-0.25, -0.2) is 4.79 Å². The number of phenols is 1. The van der Waals surface area contributed by atoms with Crippen molar-refractivity contribution in [3.05, 3.63) is 53.6 Å². The summed E-state index contributed by atoms with van der Waals surface area (Å²) >= 11 is 0. The molecule has 29 heavy (non-hydrogen) atoms. The van der Waals surface area contributed by atoms with Crippen LogP contribution in [0.15, 0.2) is 42.5 Å². The lowest BCUT2D eigenvalue weighted by atomic mass is 9.90. The normalized spacial score (nSPS) is 17.0. The molecule has 0 unspecified atom stereocenters. The predicted octanol–water partition coefficient (Wildman–Crippen LogP) is 3.16. The van der Waals surface area contributed by atoms with Crippen molar-refractivity contribution in [3.63, 3.8) is 0 Å². The van der Waals surface area contributed by atoms with Crippen LogP contribution in [-0.4, -0.2) is 35.0 Å². The zero-order chi connectivity index (χ0) is 20.6. The first kappa shape index (κ1) is 19.0. The van der Waals surface area contributed by atoms with E-state index in [1.54, 1.807) is 37.3 Å². The molecule has 0 radical (unpaired) electrons. The van der Waals surface area contributed by atoms with E-state index >= 15 is 0 Å². The van der Waals surface area contributed by atoms with Crippen LogP contribution in [0.3, 0.4) is 0 Å². The molecule has 1 spiro atoms. The average molecular weight is 394 g/mol. The lowest BCUT2D eigenvalue weighted by Crippen LogP contribution is -2.61. The smallest absolute Gasteiger partial charge is 0.342 e. The number of nitrogens with one attached hydrogen (secondary N) is 1. The standard InChI is InChI=1S/C22H22N2O5/c1-14-8-9-15(18(25)12-14)20(27)29-13-19(26)24-17-7-3-2-6-16(17)23-21(28)22(24)10-4-5-11-22/h2-3,6-9,12,25H,4-5,10-11,13H2,1H3,(H,23,28). The van der Waals surface area contributed by atoms with Gasteiger partial charge in [0.25, 0.3) is 11.8 Å². The highest BCUT2D eigenvalue weighted by Crippen LogP contribution is 2.45. The first-order chi connectivity index (χ1) is 13.9. The lowest BCUT2D eigenvalue weighted by Gasteiger charge is -2.44. The number of hydrogen-bond donors (Lipinski definition) is 2. The number of ether oxygens (including phenoxy) is 1. The van der Waals surface area contributed by atoms with Gasteiger partial charge in [-0.2, -0.15) is 0 Å². The summed E-state index contributed by atoms with van der Waals surface area (Å²) in [6.07, 6.45) is 2.81. The minimum atomic E-state index is -0.955. The third-order valence-corrected chi connectivity index (χ3v) is 5.62. The minimum Gasteiger partial charge on any atom is -0.507 e. The van der Waals surface area contributed by atoms with E-state index in [4.69, 9.17) is 4.74 Å². The molecule has 7 nitrogen and oxygen atoms in total. The Labute approximate surface area is 168 Å². The first-order valence-corrected chi connectivity index (χ1v) is 9.63. The molecule has 0 atom stereocenters. The van der Waals surface area contributed by atoms with E-state index < -0.39 is 24.0 Å². The van der Waals surface area contributed by atoms with Gasteiger partial charge in [0, 0.05) is 0 Å². The molecule has 150 valence electrons. The number of aryl methyl sites for hydroxylation is 1. The Morgan fingerprint density at radius 1 is 1.17 bits per heavy atom. The second kappa shape index (κ2) is 7.24. The summed E-state index contributed by atoms with van der Waals surface area (Å²) in [6, 6.07) is 11.7. The third-order valence-electron chi connectivity index (χ3n) is 5.62. The molecule has 1 heterocycles. The number of anilines is 2. The molecular formula is C22H22N2O5. The number of para-hydroxylation sites is 2. The molecule has 1 aliphatic carbocycles. The molecule has 1 aliphatic heterocycles. The minimum absolute atomic E-state index is 0.00392. The maximum atomic E-state index is 13.1. The third kappa shape index (κ3) is 3.22. The van der Waals surface area contributed by atoms with E-state index in [2.05, 4.69) is 5.32 Å². The van der Waals surface area contributed by atoms with Gasteiger partial charge in [-0.05, 0) is 49.6 Å². The molecule has 2 aromatic rings. The van der Waals surface area contributed by atoms with E-state index in [1.807, 2.05) is 0 Å². The molecule has 1 fully saturated rings. The number of amides is 2. The molecule has 0 saturated heterocycles. The molecule has 2 aromatic carbocycles. The second-order valence-corrected chi connectivity index (χ2v) is 7.54. The highest BCUT2D eigenvalue weighted by atomic mass is 16.5. The molecule has 2 N–H and O–H groups in total. The fraction of sp³-hybridized carbons (Fsp3) is 0.318. The zero-order valence-corrected chi connectivity index (χ0v) is 16.1. The Morgan fingerprint density at radius 3 is 2.62 bits per heavy atom. The summed E-state index contributed by atoms with van der Waals surface area (Å²) in [4.78, 5) is 39.9. The summed E-state index contributed by atoms with van der Waals surface area (Å²) in [7, 11) is 0. The number of rotatable bonds is 3. The average Bonchev–Trinajstić information content (AvgIpc) is 3.17. The number of aromatic hydroxyl groups is 1. The Kier molecular flexibility index (Phi) is 4.74. The van der Waals surface area contributed by atoms with Gasteiger partial charge in [0.1, 0.15) is 16.9 Å². The summed E-state index contributed by atoms with van der Waals surface area (Å²) in [5.74, 6) is -1.65. The number of benzene rings is 2. The van der Waals surface area contributed by atoms with Gasteiger partial charge >= 0.3 is 5.97 Å². The number of phenolic OH excluding ortho intramolecular Hbond substituents is 1. The molecular weight excluding hydrogens is 372 g/mol. The van der Waals surface area contributed by atoms with Gasteiger partial charge in [-0.15, -0.1) is 0 Å². The van der Waals surface area contributed by atoms with E-state index in [0.717, 1.165) is 18.4 Å². The van der Waals surface area contributed by atoms with Crippen LogP contribution in [0.25, 0.3) is 0 Å². The van der Waals surface area contributed by atoms with Crippen LogP contribution in [0.5, 0.6) is 5.75 Å². The van der Waals surface area contributed by atoms with E-state index in [1.165, 1.54) is 17.0 Å². The van der Waals surface area contributed by atoms with Crippen molar-refractivity contribution >= 4 is 29.2 Å². The van der Waals surface area contributed by atoms with Gasteiger partial charge < -0.3 is 15.2 Å². The van der Waals surface area contributed by atoms with Crippen LogP contribution < -0.4 is 10.2 Å². The quantitative estimate of drug-likeness (QED) is 0.780. The highest BCUT2D eigenvalue weighted by Gasteiger charge is 2.52. The second-order valence-electron chi connectivity index (χ2n) is 7.54. The maximum absolute atomic E-state index is 13.1. The fourth-order valence-electron chi connectivity index (χ4n) is 4.21. The molecule has 4 rings (SSSR count). The number of carbonyl (C=O) groups is 3. The monoisotopic (exact) mass is 394 g/mol. The Hall–Kier alpha value is -3.35.